The third-order valence-corrected chi connectivity index (χ3v) is 4.37. The summed E-state index contributed by atoms with van der Waals surface area (Å²) in [7, 11) is 0. The maximum Gasteiger partial charge on any atom is 0.270 e. The summed E-state index contributed by atoms with van der Waals surface area (Å²) in [5.74, 6) is 0. The van der Waals surface area contributed by atoms with Crippen LogP contribution in [0.1, 0.15) is 0 Å². The molecule has 0 saturated carbocycles. The lowest BCUT2D eigenvalue weighted by Crippen LogP contribution is -2.17. The number of halogens is 1. The summed E-state index contributed by atoms with van der Waals surface area (Å²) in [6.45, 7) is 0.481. The van der Waals surface area contributed by atoms with Crippen molar-refractivity contribution in [2.75, 3.05) is 5.32 Å². The van der Waals surface area contributed by atoms with Crippen LogP contribution in [-0.2, 0) is 6.67 Å². The first-order valence-corrected chi connectivity index (χ1v) is 7.39. The standard InChI is InChI=1S/C14H11BrN2OS/c15-10-4-3-5-11(8-10)16-9-17-14(18)12-6-1-2-7-13(12)19-17/h1-8,16H,9H2. The smallest absolute Gasteiger partial charge is 0.270 e. The van der Waals surface area contributed by atoms with Gasteiger partial charge >= 0.3 is 0 Å². The van der Waals surface area contributed by atoms with Crippen molar-refractivity contribution >= 4 is 43.2 Å². The summed E-state index contributed by atoms with van der Waals surface area (Å²) >= 11 is 4.90. The molecule has 1 N–H and O–H groups in total. The Hall–Kier alpha value is -1.59. The number of rotatable bonds is 3. The Morgan fingerprint density at radius 1 is 1.16 bits per heavy atom. The highest BCUT2D eigenvalue weighted by Crippen LogP contribution is 2.18. The first-order chi connectivity index (χ1) is 9.24. The minimum Gasteiger partial charge on any atom is -0.367 e. The van der Waals surface area contributed by atoms with Gasteiger partial charge in [-0.25, -0.2) is 3.96 Å². The van der Waals surface area contributed by atoms with Gasteiger partial charge in [0.1, 0.15) is 6.67 Å². The molecule has 1 aromatic heterocycles. The molecule has 19 heavy (non-hydrogen) atoms. The first-order valence-electron chi connectivity index (χ1n) is 5.82. The van der Waals surface area contributed by atoms with Crippen LogP contribution in [0.2, 0.25) is 0 Å². The van der Waals surface area contributed by atoms with Crippen molar-refractivity contribution in [3.8, 4) is 0 Å². The Bertz CT molecular complexity index is 778. The largest absolute Gasteiger partial charge is 0.367 e. The molecule has 5 heteroatoms. The van der Waals surface area contributed by atoms with Crippen LogP contribution in [0, 0.1) is 0 Å². The second kappa shape index (κ2) is 5.19. The number of nitrogens with one attached hydrogen (secondary N) is 1. The highest BCUT2D eigenvalue weighted by Gasteiger charge is 2.05. The molecule has 1 heterocycles. The number of nitrogens with zero attached hydrogens (tertiary/aromatic N) is 1. The molecule has 0 aliphatic carbocycles. The minimum absolute atomic E-state index is 0.0584. The van der Waals surface area contributed by atoms with Gasteiger partial charge in [-0.1, -0.05) is 45.7 Å². The van der Waals surface area contributed by atoms with Crippen molar-refractivity contribution in [3.63, 3.8) is 0 Å². The average molecular weight is 335 g/mol. The van der Waals surface area contributed by atoms with E-state index in [9.17, 15) is 4.79 Å². The van der Waals surface area contributed by atoms with Crippen LogP contribution in [0.5, 0.6) is 0 Å². The third kappa shape index (κ3) is 2.57. The Kier molecular flexibility index (Phi) is 3.40. The summed E-state index contributed by atoms with van der Waals surface area (Å²) in [6.07, 6.45) is 0. The molecule has 96 valence electrons. The van der Waals surface area contributed by atoms with Gasteiger partial charge in [0, 0.05) is 10.2 Å². The van der Waals surface area contributed by atoms with E-state index in [-0.39, 0.29) is 5.56 Å². The minimum atomic E-state index is 0.0584. The molecule has 0 spiro atoms. The van der Waals surface area contributed by atoms with Crippen LogP contribution in [0.3, 0.4) is 0 Å². The summed E-state index contributed by atoms with van der Waals surface area (Å²) in [6, 6.07) is 15.6. The van der Waals surface area contributed by atoms with Gasteiger partial charge in [-0.15, -0.1) is 0 Å². The monoisotopic (exact) mass is 334 g/mol. The van der Waals surface area contributed by atoms with Crippen LogP contribution in [0.25, 0.3) is 10.1 Å². The molecule has 0 aliphatic rings. The zero-order valence-corrected chi connectivity index (χ0v) is 12.4. The van der Waals surface area contributed by atoms with Gasteiger partial charge in [-0.2, -0.15) is 0 Å². The topological polar surface area (TPSA) is 34.0 Å². The van der Waals surface area contributed by atoms with Crippen molar-refractivity contribution in [1.82, 2.24) is 3.96 Å². The van der Waals surface area contributed by atoms with E-state index in [0.717, 1.165) is 20.2 Å². The maximum absolute atomic E-state index is 12.1. The Balaban J connectivity index is 1.86. The summed E-state index contributed by atoms with van der Waals surface area (Å²) < 4.78 is 3.76. The van der Waals surface area contributed by atoms with Gasteiger partial charge in [0.25, 0.3) is 5.56 Å². The van der Waals surface area contributed by atoms with Crippen molar-refractivity contribution in [1.29, 1.82) is 0 Å². The van der Waals surface area contributed by atoms with Gasteiger partial charge in [0.15, 0.2) is 0 Å². The van der Waals surface area contributed by atoms with Crippen molar-refractivity contribution in [2.24, 2.45) is 0 Å². The molecule has 0 saturated heterocycles. The van der Waals surface area contributed by atoms with Gasteiger partial charge in [-0.3, -0.25) is 4.79 Å². The summed E-state index contributed by atoms with van der Waals surface area (Å²) in [5, 5.41) is 4.03. The lowest BCUT2D eigenvalue weighted by Gasteiger charge is -2.06. The lowest BCUT2D eigenvalue weighted by molar-refractivity contribution is 0.828. The molecule has 0 fully saturated rings. The first kappa shape index (κ1) is 12.4. The quantitative estimate of drug-likeness (QED) is 0.788. The van der Waals surface area contributed by atoms with E-state index >= 15 is 0 Å². The molecule has 3 aromatic rings. The molecule has 3 nitrogen and oxygen atoms in total. The fourth-order valence-corrected chi connectivity index (χ4v) is 3.22. The van der Waals surface area contributed by atoms with E-state index in [4.69, 9.17) is 0 Å². The van der Waals surface area contributed by atoms with E-state index in [1.807, 2.05) is 48.5 Å². The molecular weight excluding hydrogens is 324 g/mol. The van der Waals surface area contributed by atoms with Gasteiger partial charge < -0.3 is 5.32 Å². The second-order valence-electron chi connectivity index (χ2n) is 4.12. The average Bonchev–Trinajstić information content (AvgIpc) is 2.74. The van der Waals surface area contributed by atoms with E-state index in [1.54, 1.807) is 3.96 Å². The van der Waals surface area contributed by atoms with Crippen LogP contribution in [-0.4, -0.2) is 3.96 Å². The van der Waals surface area contributed by atoms with E-state index in [1.165, 1.54) is 11.5 Å². The van der Waals surface area contributed by atoms with Crippen molar-refractivity contribution in [2.45, 2.75) is 6.67 Å². The SMILES string of the molecule is O=c1c2ccccc2sn1CNc1cccc(Br)c1. The summed E-state index contributed by atoms with van der Waals surface area (Å²) in [5.41, 5.74) is 1.04. The van der Waals surface area contributed by atoms with E-state index in [2.05, 4.69) is 21.2 Å². The Morgan fingerprint density at radius 3 is 2.79 bits per heavy atom. The normalized spacial score (nSPS) is 10.8. The number of hydrogen-bond acceptors (Lipinski definition) is 3. The molecule has 0 radical (unpaired) electrons. The third-order valence-electron chi connectivity index (χ3n) is 2.80. The Labute approximate surface area is 122 Å². The van der Waals surface area contributed by atoms with Gasteiger partial charge in [0.2, 0.25) is 0 Å². The molecule has 0 aliphatic heterocycles. The summed E-state index contributed by atoms with van der Waals surface area (Å²) in [4.78, 5) is 12.1. The number of benzene rings is 2. The van der Waals surface area contributed by atoms with Gasteiger partial charge in [-0.05, 0) is 30.3 Å². The predicted molar refractivity (Wildman–Crippen MR) is 83.8 cm³/mol. The van der Waals surface area contributed by atoms with Crippen molar-refractivity contribution < 1.29 is 0 Å². The maximum atomic E-state index is 12.1. The molecule has 3 rings (SSSR count). The molecule has 0 bridgehead atoms. The number of fused-ring (bicyclic) bond motifs is 1. The Morgan fingerprint density at radius 2 is 2.00 bits per heavy atom. The van der Waals surface area contributed by atoms with Crippen LogP contribution >= 0.6 is 27.5 Å². The van der Waals surface area contributed by atoms with Gasteiger partial charge in [0.05, 0.1) is 10.1 Å². The number of aromatic nitrogens is 1. The molecule has 0 unspecified atom stereocenters. The zero-order chi connectivity index (χ0) is 13.2. The fourth-order valence-electron chi connectivity index (χ4n) is 1.88. The number of anilines is 1. The molecule has 2 aromatic carbocycles. The van der Waals surface area contributed by atoms with Crippen LogP contribution in [0.15, 0.2) is 57.8 Å². The predicted octanol–water partition coefficient (Wildman–Crippen LogP) is 3.90. The highest BCUT2D eigenvalue weighted by molar-refractivity contribution is 9.10. The van der Waals surface area contributed by atoms with Crippen molar-refractivity contribution in [3.05, 3.63) is 63.4 Å². The second-order valence-corrected chi connectivity index (χ2v) is 6.10. The van der Waals surface area contributed by atoms with Crippen LogP contribution in [0.4, 0.5) is 5.69 Å². The zero-order valence-electron chi connectivity index (χ0n) is 9.97. The fraction of sp³-hybridized carbons (Fsp3) is 0.0714. The van der Waals surface area contributed by atoms with E-state index < -0.39 is 0 Å². The lowest BCUT2D eigenvalue weighted by atomic mass is 10.3. The molecule has 0 amide bonds. The van der Waals surface area contributed by atoms with E-state index in [0.29, 0.717) is 6.67 Å². The highest BCUT2D eigenvalue weighted by atomic mass is 79.9. The van der Waals surface area contributed by atoms with Crippen LogP contribution < -0.4 is 10.9 Å². The number of hydrogen-bond donors (Lipinski definition) is 1. The molecule has 0 atom stereocenters. The molecular formula is C14H11BrN2OS.